The number of H-pyrrole nitrogens is 1. The fraction of sp³-hybridized carbons (Fsp3) is 0.372. The zero-order chi connectivity index (χ0) is 41.8. The summed E-state index contributed by atoms with van der Waals surface area (Å²) in [7, 11) is 1.62. The van der Waals surface area contributed by atoms with Crippen LogP contribution in [0.2, 0.25) is 0 Å². The van der Waals surface area contributed by atoms with Gasteiger partial charge in [0, 0.05) is 48.0 Å². The van der Waals surface area contributed by atoms with Crippen molar-refractivity contribution in [3.8, 4) is 16.9 Å². The Bertz CT molecular complexity index is 2740. The van der Waals surface area contributed by atoms with E-state index in [1.54, 1.807) is 19.2 Å². The van der Waals surface area contributed by atoms with Gasteiger partial charge < -0.3 is 24.9 Å². The summed E-state index contributed by atoms with van der Waals surface area (Å²) in [6, 6.07) is 10.1. The molecule has 4 N–H and O–H groups in total. The highest BCUT2D eigenvalue weighted by atomic mass is 16.5. The standard InChI is InChI=1S/C43H44N10O7/c1-5-52-32(20-28(50-52)23-13-14-23)46-38-36-26-19-31(59-4)27(34-21(2)51-60-22(34)3)18-29(26)45-37(36)48-39(49-38)41(56)44-17-8-6-7-10-24-11-9-12-25-35(24)43(58)53(42(25)57)30-15-16-33(54)47-40(30)55/h9,11-12,18-20,23,30H,5-8,10,13-17H2,1-4H3,(H,44,56)(H,47,54,55)(H2,45,46,48,49). The molecule has 308 valence electrons. The number of anilines is 2. The number of aromatic nitrogens is 6. The largest absolute Gasteiger partial charge is 0.496 e. The summed E-state index contributed by atoms with van der Waals surface area (Å²) in [4.78, 5) is 78.6. The molecule has 5 amide bonds. The Hall–Kier alpha value is -6.91. The summed E-state index contributed by atoms with van der Waals surface area (Å²) >= 11 is 0. The predicted octanol–water partition coefficient (Wildman–Crippen LogP) is 5.77. The molecule has 6 aromatic rings. The number of fused-ring (bicyclic) bond motifs is 4. The Kier molecular flexibility index (Phi) is 9.88. The third kappa shape index (κ3) is 6.82. The van der Waals surface area contributed by atoms with E-state index in [0.717, 1.165) is 69.0 Å². The van der Waals surface area contributed by atoms with Crippen molar-refractivity contribution in [3.63, 3.8) is 0 Å². The maximum absolute atomic E-state index is 13.7. The second-order valence-electron chi connectivity index (χ2n) is 15.6. The van der Waals surface area contributed by atoms with Crippen molar-refractivity contribution in [3.05, 3.63) is 76.1 Å². The van der Waals surface area contributed by atoms with Crippen molar-refractivity contribution in [2.75, 3.05) is 19.0 Å². The number of benzene rings is 2. The maximum Gasteiger partial charge on any atom is 0.289 e. The quantitative estimate of drug-likeness (QED) is 0.0761. The van der Waals surface area contributed by atoms with Gasteiger partial charge in [-0.15, -0.1) is 0 Å². The Balaban J connectivity index is 0.923. The average molecular weight is 813 g/mol. The summed E-state index contributed by atoms with van der Waals surface area (Å²) < 4.78 is 13.3. The van der Waals surface area contributed by atoms with E-state index in [1.807, 2.05) is 49.7 Å². The average Bonchev–Trinajstić information content (AvgIpc) is 3.68. The Morgan fingerprint density at radius 3 is 2.55 bits per heavy atom. The topological polar surface area (TPSA) is 219 Å². The van der Waals surface area contributed by atoms with Crippen LogP contribution in [0.4, 0.5) is 11.6 Å². The number of hydrogen-bond donors (Lipinski definition) is 4. The fourth-order valence-electron chi connectivity index (χ4n) is 8.42. The van der Waals surface area contributed by atoms with Crippen molar-refractivity contribution in [1.29, 1.82) is 0 Å². The molecule has 17 heteroatoms. The lowest BCUT2D eigenvalue weighted by Gasteiger charge is -2.27. The molecular weight excluding hydrogens is 769 g/mol. The predicted molar refractivity (Wildman–Crippen MR) is 219 cm³/mol. The van der Waals surface area contributed by atoms with Gasteiger partial charge in [0.1, 0.15) is 34.8 Å². The van der Waals surface area contributed by atoms with Crippen molar-refractivity contribution < 1.29 is 33.2 Å². The second kappa shape index (κ2) is 15.4. The molecule has 1 atom stereocenters. The van der Waals surface area contributed by atoms with E-state index in [1.165, 1.54) is 0 Å². The van der Waals surface area contributed by atoms with Crippen LogP contribution < -0.4 is 20.7 Å². The zero-order valence-electron chi connectivity index (χ0n) is 33.7. The highest BCUT2D eigenvalue weighted by molar-refractivity contribution is 6.24. The third-order valence-electron chi connectivity index (χ3n) is 11.6. The summed E-state index contributed by atoms with van der Waals surface area (Å²) in [5.74, 6) is 0.380. The summed E-state index contributed by atoms with van der Waals surface area (Å²) in [5, 5.41) is 19.2. The number of aryl methyl sites for hydroxylation is 4. The zero-order valence-corrected chi connectivity index (χ0v) is 33.7. The number of carbonyl (C=O) groups is 5. The molecule has 0 bridgehead atoms. The lowest BCUT2D eigenvalue weighted by Crippen LogP contribution is -2.54. The normalized spacial score (nSPS) is 16.5. The van der Waals surface area contributed by atoms with Crippen molar-refractivity contribution in [1.82, 2.24) is 45.4 Å². The SMILES string of the molecule is CCn1nc(C2CC2)cc1Nc1nc(C(=O)NCCCCCc2cccc3c2C(=O)N(C2CCC(=O)NC2=O)C3=O)nc2[nH]c3cc(-c4c(C)noc4C)c(OC)cc3c12. The molecule has 9 rings (SSSR count). The van der Waals surface area contributed by atoms with Crippen LogP contribution in [0.3, 0.4) is 0 Å². The van der Waals surface area contributed by atoms with Crippen LogP contribution in [-0.2, 0) is 22.6 Å². The molecule has 2 aromatic carbocycles. The fourth-order valence-corrected chi connectivity index (χ4v) is 8.42. The maximum atomic E-state index is 13.7. The van der Waals surface area contributed by atoms with Gasteiger partial charge in [0.05, 0.1) is 40.6 Å². The minimum Gasteiger partial charge on any atom is -0.496 e. The van der Waals surface area contributed by atoms with E-state index in [0.29, 0.717) is 72.2 Å². The molecule has 6 heterocycles. The molecular formula is C43H44N10O7. The van der Waals surface area contributed by atoms with Gasteiger partial charge in [0.2, 0.25) is 17.6 Å². The van der Waals surface area contributed by atoms with E-state index in [4.69, 9.17) is 24.3 Å². The van der Waals surface area contributed by atoms with E-state index in [2.05, 4.69) is 26.1 Å². The summed E-state index contributed by atoms with van der Waals surface area (Å²) in [6.45, 7) is 6.76. The molecule has 0 spiro atoms. The highest BCUT2D eigenvalue weighted by Crippen LogP contribution is 2.43. The number of piperidine rings is 1. The molecule has 17 nitrogen and oxygen atoms in total. The van der Waals surface area contributed by atoms with Gasteiger partial charge in [-0.1, -0.05) is 23.7 Å². The molecule has 1 saturated carbocycles. The Morgan fingerprint density at radius 1 is 0.983 bits per heavy atom. The van der Waals surface area contributed by atoms with Crippen LogP contribution in [0.1, 0.15) is 112 Å². The van der Waals surface area contributed by atoms with E-state index >= 15 is 0 Å². The summed E-state index contributed by atoms with van der Waals surface area (Å²) in [5.41, 5.74) is 5.91. The van der Waals surface area contributed by atoms with E-state index in [9.17, 15) is 24.0 Å². The third-order valence-corrected chi connectivity index (χ3v) is 11.6. The first kappa shape index (κ1) is 38.6. The molecule has 2 aliphatic heterocycles. The molecule has 4 aromatic heterocycles. The van der Waals surface area contributed by atoms with Gasteiger partial charge >= 0.3 is 0 Å². The number of amides is 5. The Labute approximate surface area is 343 Å². The van der Waals surface area contributed by atoms with E-state index in [-0.39, 0.29) is 24.2 Å². The van der Waals surface area contributed by atoms with Crippen LogP contribution in [0.15, 0.2) is 40.9 Å². The lowest BCUT2D eigenvalue weighted by molar-refractivity contribution is -0.136. The van der Waals surface area contributed by atoms with Gasteiger partial charge in [-0.3, -0.25) is 34.2 Å². The molecule has 60 heavy (non-hydrogen) atoms. The first-order valence-corrected chi connectivity index (χ1v) is 20.4. The van der Waals surface area contributed by atoms with Crippen molar-refractivity contribution >= 4 is 63.1 Å². The molecule has 1 saturated heterocycles. The van der Waals surface area contributed by atoms with Gasteiger partial charge in [-0.25, -0.2) is 14.6 Å². The highest BCUT2D eigenvalue weighted by Gasteiger charge is 2.45. The number of methoxy groups -OCH3 is 1. The first-order chi connectivity index (χ1) is 29.0. The monoisotopic (exact) mass is 812 g/mol. The van der Waals surface area contributed by atoms with Gasteiger partial charge in [0.25, 0.3) is 17.7 Å². The summed E-state index contributed by atoms with van der Waals surface area (Å²) in [6.07, 6.45) is 4.94. The minimum atomic E-state index is -1.02. The van der Waals surface area contributed by atoms with Crippen molar-refractivity contribution in [2.45, 2.75) is 90.6 Å². The smallest absolute Gasteiger partial charge is 0.289 e. The Morgan fingerprint density at radius 2 is 1.82 bits per heavy atom. The van der Waals surface area contributed by atoms with E-state index < -0.39 is 35.6 Å². The van der Waals surface area contributed by atoms with Crippen LogP contribution in [-0.4, -0.2) is 84.0 Å². The molecule has 2 fully saturated rings. The molecule has 0 radical (unpaired) electrons. The number of aromatic amines is 1. The second-order valence-corrected chi connectivity index (χ2v) is 15.6. The molecule has 3 aliphatic rings. The number of nitrogens with one attached hydrogen (secondary N) is 4. The lowest BCUT2D eigenvalue weighted by atomic mass is 9.98. The van der Waals surface area contributed by atoms with Gasteiger partial charge in [-0.2, -0.15) is 5.10 Å². The number of nitrogens with zero attached hydrogens (tertiary/aromatic N) is 6. The number of rotatable bonds is 14. The van der Waals surface area contributed by atoms with Crippen LogP contribution >= 0.6 is 0 Å². The molecule has 1 unspecified atom stereocenters. The number of carbonyl (C=O) groups excluding carboxylic acids is 5. The van der Waals surface area contributed by atoms with Crippen LogP contribution in [0.25, 0.3) is 33.1 Å². The van der Waals surface area contributed by atoms with Gasteiger partial charge in [-0.05, 0) is 83.1 Å². The van der Waals surface area contributed by atoms with Crippen molar-refractivity contribution in [2.24, 2.45) is 0 Å². The minimum absolute atomic E-state index is 0.0111. The number of ether oxygens (including phenoxy) is 1. The van der Waals surface area contributed by atoms with Crippen LogP contribution in [0.5, 0.6) is 5.75 Å². The molecule has 1 aliphatic carbocycles. The number of hydrogen-bond acceptors (Lipinski definition) is 12. The number of unbranched alkanes of at least 4 members (excludes halogenated alkanes) is 2. The van der Waals surface area contributed by atoms with Gasteiger partial charge in [0.15, 0.2) is 0 Å². The number of imide groups is 2. The first-order valence-electron chi connectivity index (χ1n) is 20.4. The van der Waals surface area contributed by atoms with Crippen LogP contribution in [0, 0.1) is 13.8 Å².